The van der Waals surface area contributed by atoms with E-state index in [0.717, 1.165) is 37.0 Å². The molecule has 1 saturated heterocycles. The van der Waals surface area contributed by atoms with E-state index in [1.54, 1.807) is 6.07 Å². The van der Waals surface area contributed by atoms with Crippen molar-refractivity contribution in [3.8, 4) is 0 Å². The van der Waals surface area contributed by atoms with Crippen molar-refractivity contribution in [2.45, 2.75) is 38.9 Å². The fourth-order valence-corrected chi connectivity index (χ4v) is 3.85. The number of aromatic nitrogens is 1. The smallest absolute Gasteiger partial charge is 0.227 e. The van der Waals surface area contributed by atoms with Crippen molar-refractivity contribution in [1.82, 2.24) is 15.2 Å². The Hall–Kier alpha value is -1.03. The zero-order valence-electron chi connectivity index (χ0n) is 15.8. The van der Waals surface area contributed by atoms with Crippen LogP contribution in [0.15, 0.2) is 23.2 Å². The Bertz CT molecular complexity index is 599. The van der Waals surface area contributed by atoms with Gasteiger partial charge in [-0.15, -0.1) is 24.0 Å². The number of pyridine rings is 1. The molecule has 1 amide bonds. The predicted octanol–water partition coefficient (Wildman–Crippen LogP) is 3.13. The van der Waals surface area contributed by atoms with Crippen LogP contribution in [0.2, 0.25) is 0 Å². The quantitative estimate of drug-likeness (QED) is 0.364. The summed E-state index contributed by atoms with van der Waals surface area (Å²) >= 11 is 2.04. The Morgan fingerprint density at radius 2 is 2.23 bits per heavy atom. The Kier molecular flexibility index (Phi) is 11.0. The second-order valence-corrected chi connectivity index (χ2v) is 7.45. The van der Waals surface area contributed by atoms with Crippen LogP contribution in [0.25, 0.3) is 0 Å². The molecular weight excluding hydrogens is 461 g/mol. The highest BCUT2D eigenvalue weighted by Gasteiger charge is 2.21. The number of carbonyl (C=O) groups is 1. The van der Waals surface area contributed by atoms with Crippen molar-refractivity contribution in [2.24, 2.45) is 4.99 Å². The predicted molar refractivity (Wildman–Crippen MR) is 122 cm³/mol. The van der Waals surface area contributed by atoms with Gasteiger partial charge in [-0.1, -0.05) is 13.0 Å². The molecule has 6 nitrogen and oxygen atoms in total. The van der Waals surface area contributed by atoms with Gasteiger partial charge in [-0.05, 0) is 32.4 Å². The van der Waals surface area contributed by atoms with Crippen LogP contribution in [0.5, 0.6) is 0 Å². The number of aryl methyl sites for hydroxylation is 1. The van der Waals surface area contributed by atoms with Gasteiger partial charge in [0.1, 0.15) is 5.82 Å². The van der Waals surface area contributed by atoms with E-state index in [1.807, 2.05) is 30.8 Å². The summed E-state index contributed by atoms with van der Waals surface area (Å²) in [5.74, 6) is 2.59. The Balaban J connectivity index is 0.00000338. The number of thioether (sulfide) groups is 1. The number of hydrogen-bond donors (Lipinski definition) is 2. The number of nitrogens with one attached hydrogen (secondary N) is 2. The van der Waals surface area contributed by atoms with E-state index in [1.165, 1.54) is 6.42 Å². The van der Waals surface area contributed by atoms with Crippen LogP contribution in [-0.2, 0) is 4.79 Å². The molecule has 1 aliphatic heterocycles. The van der Waals surface area contributed by atoms with Gasteiger partial charge in [-0.25, -0.2) is 4.98 Å². The molecule has 26 heavy (non-hydrogen) atoms. The maximum atomic E-state index is 12.1. The second-order valence-electron chi connectivity index (χ2n) is 6.05. The van der Waals surface area contributed by atoms with Gasteiger partial charge in [0.05, 0.1) is 6.54 Å². The van der Waals surface area contributed by atoms with Gasteiger partial charge in [-0.2, -0.15) is 11.8 Å². The van der Waals surface area contributed by atoms with Crippen molar-refractivity contribution >= 4 is 53.4 Å². The average Bonchev–Trinajstić information content (AvgIpc) is 2.61. The number of nitrogens with zero attached hydrogens (tertiary/aromatic N) is 3. The maximum absolute atomic E-state index is 12.1. The van der Waals surface area contributed by atoms with Gasteiger partial charge in [-0.3, -0.25) is 9.79 Å². The van der Waals surface area contributed by atoms with E-state index in [9.17, 15) is 4.79 Å². The number of anilines is 1. The first-order chi connectivity index (χ1) is 12.1. The molecule has 1 aliphatic rings. The minimum absolute atomic E-state index is 0. The largest absolute Gasteiger partial charge is 0.357 e. The molecule has 1 fully saturated rings. The van der Waals surface area contributed by atoms with Crippen LogP contribution >= 0.6 is 35.7 Å². The minimum atomic E-state index is -0.0571. The molecule has 2 rings (SSSR count). The molecule has 1 aromatic heterocycles. The van der Waals surface area contributed by atoms with E-state index in [-0.39, 0.29) is 29.9 Å². The molecule has 2 N–H and O–H groups in total. The van der Waals surface area contributed by atoms with E-state index < -0.39 is 0 Å². The second kappa shape index (κ2) is 12.4. The lowest BCUT2D eigenvalue weighted by atomic mass is 10.3. The van der Waals surface area contributed by atoms with E-state index >= 15 is 0 Å². The number of amides is 1. The molecule has 0 spiro atoms. The van der Waals surface area contributed by atoms with Crippen molar-refractivity contribution in [3.05, 3.63) is 23.9 Å². The first-order valence-corrected chi connectivity index (χ1v) is 10.1. The number of carbonyl (C=O) groups excluding carboxylic acids is 1. The standard InChI is InChI=1S/C18H29N5OS.HI/c1-4-15-13-23(11-12-25-15)18(19-5-2)20-10-9-17(24)22-16-8-6-7-14(3)21-16;/h6-8,15H,4-5,9-13H2,1-3H3,(H,19,20)(H,21,22,24);1H. The van der Waals surface area contributed by atoms with Gasteiger partial charge in [0.25, 0.3) is 0 Å². The number of halogens is 1. The third kappa shape index (κ3) is 7.69. The summed E-state index contributed by atoms with van der Waals surface area (Å²) in [5, 5.41) is 6.84. The highest BCUT2D eigenvalue weighted by Crippen LogP contribution is 2.21. The summed E-state index contributed by atoms with van der Waals surface area (Å²) in [6.07, 6.45) is 1.52. The molecule has 0 aliphatic carbocycles. The normalized spacial score (nSPS) is 17.4. The average molecular weight is 491 g/mol. The van der Waals surface area contributed by atoms with Gasteiger partial charge in [0.15, 0.2) is 5.96 Å². The zero-order chi connectivity index (χ0) is 18.1. The summed E-state index contributed by atoms with van der Waals surface area (Å²) in [4.78, 5) is 23.3. The zero-order valence-corrected chi connectivity index (χ0v) is 19.0. The highest BCUT2D eigenvalue weighted by molar-refractivity contribution is 14.0. The molecular formula is C18H30IN5OS. The molecule has 0 radical (unpaired) electrons. The van der Waals surface area contributed by atoms with Gasteiger partial charge >= 0.3 is 0 Å². The van der Waals surface area contributed by atoms with Crippen LogP contribution in [0.1, 0.15) is 32.4 Å². The lowest BCUT2D eigenvalue weighted by Gasteiger charge is -2.34. The summed E-state index contributed by atoms with van der Waals surface area (Å²) in [6.45, 7) is 9.54. The van der Waals surface area contributed by atoms with Gasteiger partial charge < -0.3 is 15.5 Å². The first kappa shape index (κ1) is 23.0. The van der Waals surface area contributed by atoms with Crippen molar-refractivity contribution in [1.29, 1.82) is 0 Å². The van der Waals surface area contributed by atoms with Gasteiger partial charge in [0, 0.05) is 42.8 Å². The molecule has 1 aromatic rings. The van der Waals surface area contributed by atoms with Crippen LogP contribution in [0, 0.1) is 6.92 Å². The van der Waals surface area contributed by atoms with Crippen molar-refractivity contribution in [2.75, 3.05) is 37.2 Å². The molecule has 2 heterocycles. The molecule has 146 valence electrons. The number of aliphatic imine (C=N–C) groups is 1. The third-order valence-electron chi connectivity index (χ3n) is 3.98. The van der Waals surface area contributed by atoms with Crippen LogP contribution in [0.3, 0.4) is 0 Å². The summed E-state index contributed by atoms with van der Waals surface area (Å²) in [6, 6.07) is 5.59. The minimum Gasteiger partial charge on any atom is -0.357 e. The molecule has 0 aromatic carbocycles. The van der Waals surface area contributed by atoms with Crippen LogP contribution < -0.4 is 10.6 Å². The summed E-state index contributed by atoms with van der Waals surface area (Å²) in [5.41, 5.74) is 0.888. The Labute approximate surface area is 178 Å². The molecule has 1 atom stereocenters. The monoisotopic (exact) mass is 491 g/mol. The Morgan fingerprint density at radius 3 is 2.92 bits per heavy atom. The topological polar surface area (TPSA) is 69.6 Å². The molecule has 0 bridgehead atoms. The van der Waals surface area contributed by atoms with E-state index in [4.69, 9.17) is 0 Å². The number of guanidine groups is 1. The molecule has 8 heteroatoms. The lowest BCUT2D eigenvalue weighted by molar-refractivity contribution is -0.116. The van der Waals surface area contributed by atoms with Gasteiger partial charge in [0.2, 0.25) is 5.91 Å². The van der Waals surface area contributed by atoms with Crippen molar-refractivity contribution in [3.63, 3.8) is 0 Å². The SMILES string of the molecule is CCNC(=NCCC(=O)Nc1cccc(C)n1)N1CCSC(CC)C1.I. The highest BCUT2D eigenvalue weighted by atomic mass is 127. The van der Waals surface area contributed by atoms with Crippen LogP contribution in [0.4, 0.5) is 5.82 Å². The molecule has 1 unspecified atom stereocenters. The van der Waals surface area contributed by atoms with E-state index in [0.29, 0.717) is 24.0 Å². The number of rotatable bonds is 6. The maximum Gasteiger partial charge on any atom is 0.227 e. The third-order valence-corrected chi connectivity index (χ3v) is 5.36. The summed E-state index contributed by atoms with van der Waals surface area (Å²) in [7, 11) is 0. The fraction of sp³-hybridized carbons (Fsp3) is 0.611. The van der Waals surface area contributed by atoms with Crippen LogP contribution in [-0.4, -0.2) is 58.9 Å². The van der Waals surface area contributed by atoms with Crippen molar-refractivity contribution < 1.29 is 4.79 Å². The molecule has 0 saturated carbocycles. The fourth-order valence-electron chi connectivity index (χ4n) is 2.67. The lowest BCUT2D eigenvalue weighted by Crippen LogP contribution is -2.48. The number of hydrogen-bond acceptors (Lipinski definition) is 4. The summed E-state index contributed by atoms with van der Waals surface area (Å²) < 4.78 is 0. The Morgan fingerprint density at radius 1 is 1.42 bits per heavy atom. The first-order valence-electron chi connectivity index (χ1n) is 9.00. The van der Waals surface area contributed by atoms with E-state index in [2.05, 4.69) is 39.4 Å².